The van der Waals surface area contributed by atoms with Gasteiger partial charge in [-0.1, -0.05) is 48.1 Å². The van der Waals surface area contributed by atoms with Gasteiger partial charge < -0.3 is 14.8 Å². The van der Waals surface area contributed by atoms with Gasteiger partial charge in [0, 0.05) is 16.4 Å². The van der Waals surface area contributed by atoms with Gasteiger partial charge in [-0.05, 0) is 20.3 Å². The summed E-state index contributed by atoms with van der Waals surface area (Å²) in [6.45, 7) is 19.8. The van der Waals surface area contributed by atoms with E-state index in [-0.39, 0.29) is 24.0 Å². The molecule has 0 saturated heterocycles. The molecular formula is C18H33NO4. The molecule has 5 heteroatoms. The quantitative estimate of drug-likeness (QED) is 0.435. The van der Waals surface area contributed by atoms with E-state index in [1.54, 1.807) is 6.92 Å². The van der Waals surface area contributed by atoms with Crippen LogP contribution in [-0.4, -0.2) is 30.8 Å². The lowest BCUT2D eigenvalue weighted by Gasteiger charge is -2.51. The second-order valence-electron chi connectivity index (χ2n) is 7.75. The van der Waals surface area contributed by atoms with Crippen molar-refractivity contribution in [3.05, 3.63) is 12.2 Å². The van der Waals surface area contributed by atoms with E-state index in [1.165, 1.54) is 0 Å². The number of nitrogens with one attached hydrogen (secondary N) is 1. The molecule has 0 aliphatic heterocycles. The summed E-state index contributed by atoms with van der Waals surface area (Å²) in [4.78, 5) is 23.4. The van der Waals surface area contributed by atoms with E-state index in [2.05, 4.69) is 53.4 Å². The van der Waals surface area contributed by atoms with Crippen molar-refractivity contribution in [3.63, 3.8) is 0 Å². The highest BCUT2D eigenvalue weighted by atomic mass is 16.6. The Bertz CT molecular complexity index is 448. The van der Waals surface area contributed by atoms with Crippen molar-refractivity contribution in [2.75, 3.05) is 13.2 Å². The fourth-order valence-corrected chi connectivity index (χ4v) is 2.29. The fourth-order valence-electron chi connectivity index (χ4n) is 2.29. The van der Waals surface area contributed by atoms with Crippen LogP contribution in [0.1, 0.15) is 61.8 Å². The summed E-state index contributed by atoms with van der Waals surface area (Å²) < 4.78 is 10.7. The van der Waals surface area contributed by atoms with Crippen LogP contribution >= 0.6 is 0 Å². The summed E-state index contributed by atoms with van der Waals surface area (Å²) in [5, 5.41) is 2.63. The van der Waals surface area contributed by atoms with Crippen LogP contribution < -0.4 is 5.32 Å². The molecule has 0 aromatic rings. The largest absolute Gasteiger partial charge is 0.460 e. The van der Waals surface area contributed by atoms with Gasteiger partial charge >= 0.3 is 12.1 Å². The molecule has 0 radical (unpaired) electrons. The van der Waals surface area contributed by atoms with Crippen molar-refractivity contribution in [1.82, 2.24) is 5.32 Å². The zero-order valence-corrected chi connectivity index (χ0v) is 16.0. The van der Waals surface area contributed by atoms with Crippen LogP contribution in [0.15, 0.2) is 12.2 Å². The molecule has 1 amide bonds. The topological polar surface area (TPSA) is 64.6 Å². The first-order valence-corrected chi connectivity index (χ1v) is 8.08. The van der Waals surface area contributed by atoms with Crippen LogP contribution in [0, 0.1) is 10.8 Å². The lowest BCUT2D eigenvalue weighted by atomic mass is 9.61. The molecule has 134 valence electrons. The molecule has 5 nitrogen and oxygen atoms in total. The van der Waals surface area contributed by atoms with Crippen molar-refractivity contribution < 1.29 is 19.1 Å². The predicted molar refractivity (Wildman–Crippen MR) is 92.2 cm³/mol. The normalized spacial score (nSPS) is 14.6. The van der Waals surface area contributed by atoms with Crippen LogP contribution in [0.5, 0.6) is 0 Å². The van der Waals surface area contributed by atoms with E-state index < -0.39 is 17.7 Å². The molecule has 0 fully saturated rings. The first-order chi connectivity index (χ1) is 10.3. The lowest BCUT2D eigenvalue weighted by molar-refractivity contribution is -0.139. The number of alkyl carbamates (subject to hydrolysis) is 1. The summed E-state index contributed by atoms with van der Waals surface area (Å²) in [5.41, 5.74) is -0.726. The third-order valence-corrected chi connectivity index (χ3v) is 4.86. The Labute approximate surface area is 140 Å². The maximum absolute atomic E-state index is 12.2. The number of hydrogen-bond donors (Lipinski definition) is 1. The number of carbonyl (C=O) groups excluding carboxylic acids is 2. The number of hydrogen-bond acceptors (Lipinski definition) is 4. The predicted octanol–water partition coefficient (Wildman–Crippen LogP) is 4.07. The van der Waals surface area contributed by atoms with Crippen LogP contribution in [0.4, 0.5) is 4.79 Å². The van der Waals surface area contributed by atoms with E-state index in [4.69, 9.17) is 9.47 Å². The van der Waals surface area contributed by atoms with Crippen molar-refractivity contribution in [1.29, 1.82) is 0 Å². The third-order valence-electron chi connectivity index (χ3n) is 4.86. The molecule has 0 spiro atoms. The van der Waals surface area contributed by atoms with Gasteiger partial charge in [0.1, 0.15) is 12.2 Å². The fraction of sp³-hybridized carbons (Fsp3) is 0.778. The highest BCUT2D eigenvalue weighted by Crippen LogP contribution is 2.48. The molecule has 0 saturated carbocycles. The van der Waals surface area contributed by atoms with Gasteiger partial charge in [-0.25, -0.2) is 9.59 Å². The highest BCUT2D eigenvalue weighted by molar-refractivity contribution is 5.86. The molecule has 0 aliphatic carbocycles. The maximum Gasteiger partial charge on any atom is 0.407 e. The number of ether oxygens (including phenoxy) is 2. The molecule has 0 heterocycles. The molecule has 0 rings (SSSR count). The van der Waals surface area contributed by atoms with Crippen LogP contribution in [-0.2, 0) is 14.3 Å². The maximum atomic E-state index is 12.2. The van der Waals surface area contributed by atoms with Crippen molar-refractivity contribution in [2.24, 2.45) is 10.8 Å². The Hall–Kier alpha value is -1.52. The minimum absolute atomic E-state index is 0.0875. The summed E-state index contributed by atoms with van der Waals surface area (Å²) in [7, 11) is 0. The van der Waals surface area contributed by atoms with E-state index in [9.17, 15) is 9.59 Å². The SMILES string of the molecule is C=C(C)C(=O)OCCNC(=O)O[C@](C)(C(C)(C)C)C(C)(C)CC. The molecule has 0 unspecified atom stereocenters. The second kappa shape index (κ2) is 7.84. The van der Waals surface area contributed by atoms with Crippen LogP contribution in [0.2, 0.25) is 0 Å². The third kappa shape index (κ3) is 5.56. The summed E-state index contributed by atoms with van der Waals surface area (Å²) in [5.74, 6) is -0.466. The Balaban J connectivity index is 4.71. The number of carbonyl (C=O) groups is 2. The molecule has 1 N–H and O–H groups in total. The average molecular weight is 327 g/mol. The number of amides is 1. The highest BCUT2D eigenvalue weighted by Gasteiger charge is 2.51. The minimum atomic E-state index is -0.646. The Kier molecular flexibility index (Phi) is 7.32. The molecule has 0 aromatic heterocycles. The smallest absolute Gasteiger partial charge is 0.407 e. The van der Waals surface area contributed by atoms with Crippen LogP contribution in [0.25, 0.3) is 0 Å². The molecular weight excluding hydrogens is 294 g/mol. The molecule has 23 heavy (non-hydrogen) atoms. The van der Waals surface area contributed by atoms with E-state index in [0.29, 0.717) is 5.57 Å². The number of rotatable bonds is 7. The summed E-state index contributed by atoms with van der Waals surface area (Å²) in [6, 6.07) is 0. The van der Waals surface area contributed by atoms with Gasteiger partial charge in [0.25, 0.3) is 0 Å². The Morgan fingerprint density at radius 2 is 1.61 bits per heavy atom. The Morgan fingerprint density at radius 1 is 1.09 bits per heavy atom. The van der Waals surface area contributed by atoms with E-state index in [1.807, 2.05) is 6.92 Å². The van der Waals surface area contributed by atoms with Gasteiger partial charge in [0.15, 0.2) is 0 Å². The number of esters is 1. The second-order valence-corrected chi connectivity index (χ2v) is 7.75. The lowest BCUT2D eigenvalue weighted by Crippen LogP contribution is -2.56. The average Bonchev–Trinajstić information content (AvgIpc) is 2.41. The molecule has 0 aromatic carbocycles. The molecule has 1 atom stereocenters. The molecule has 0 aliphatic rings. The minimum Gasteiger partial charge on any atom is -0.460 e. The zero-order valence-electron chi connectivity index (χ0n) is 16.0. The van der Waals surface area contributed by atoms with Crippen molar-refractivity contribution in [3.8, 4) is 0 Å². The van der Waals surface area contributed by atoms with Crippen molar-refractivity contribution in [2.45, 2.75) is 67.4 Å². The zero-order chi connectivity index (χ0) is 18.5. The van der Waals surface area contributed by atoms with Gasteiger partial charge in [-0.15, -0.1) is 0 Å². The summed E-state index contributed by atoms with van der Waals surface area (Å²) >= 11 is 0. The summed E-state index contributed by atoms with van der Waals surface area (Å²) in [6.07, 6.45) is 0.375. The van der Waals surface area contributed by atoms with E-state index >= 15 is 0 Å². The molecule has 0 bridgehead atoms. The van der Waals surface area contributed by atoms with Gasteiger partial charge in [0.05, 0.1) is 6.54 Å². The Morgan fingerprint density at radius 3 is 2.00 bits per heavy atom. The van der Waals surface area contributed by atoms with E-state index in [0.717, 1.165) is 6.42 Å². The standard InChI is InChI=1S/C18H33NO4/c1-10-17(7,8)18(9,16(4,5)6)23-15(21)19-11-12-22-14(20)13(2)3/h2,10-12H2,1,3-9H3,(H,19,21)/t18-/m1/s1. The van der Waals surface area contributed by atoms with Crippen molar-refractivity contribution >= 4 is 12.1 Å². The van der Waals surface area contributed by atoms with Gasteiger partial charge in [0.2, 0.25) is 0 Å². The first kappa shape index (κ1) is 21.5. The monoisotopic (exact) mass is 327 g/mol. The first-order valence-electron chi connectivity index (χ1n) is 8.08. The van der Waals surface area contributed by atoms with Gasteiger partial charge in [-0.3, -0.25) is 0 Å². The van der Waals surface area contributed by atoms with Gasteiger partial charge in [-0.2, -0.15) is 0 Å². The van der Waals surface area contributed by atoms with Crippen LogP contribution in [0.3, 0.4) is 0 Å².